The predicted molar refractivity (Wildman–Crippen MR) is 138 cm³/mol. The molecule has 0 amide bonds. The Morgan fingerprint density at radius 2 is 0.920 bits per heavy atom. The molecular weight excluding hydrogens is 843 g/mol. The second kappa shape index (κ2) is 8.97. The van der Waals surface area contributed by atoms with Crippen molar-refractivity contribution in [3.8, 4) is 0 Å². The molecule has 0 heterocycles. The summed E-state index contributed by atoms with van der Waals surface area (Å²) < 4.78 is -2.49. The van der Waals surface area contributed by atoms with Gasteiger partial charge in [-0.1, -0.05) is 188 Å². The van der Waals surface area contributed by atoms with Gasteiger partial charge in [0, 0.05) is 5.33 Å². The van der Waals surface area contributed by atoms with Gasteiger partial charge in [0.25, 0.3) is 0 Å². The zero-order valence-corrected chi connectivity index (χ0v) is 25.2. The average Bonchev–Trinajstić information content (AvgIpc) is 2.62. The molecule has 0 N–H and O–H groups in total. The van der Waals surface area contributed by atoms with E-state index in [9.17, 15) is 0 Å². The Morgan fingerprint density at radius 1 is 0.560 bits per heavy atom. The number of halogens is 8. The standard InChI is InChI=1S/C17H12Br8/c18-11-14(19,20)16(22,23)17(24,25)15(21,12-7-3-1-4-8-12)13-9-5-2-6-10-13/h1-10H,11H2. The van der Waals surface area contributed by atoms with Gasteiger partial charge in [-0.15, -0.1) is 0 Å². The Morgan fingerprint density at radius 3 is 1.24 bits per heavy atom. The number of hydrogen-bond acceptors (Lipinski definition) is 0. The van der Waals surface area contributed by atoms with Crippen molar-refractivity contribution in [3.05, 3.63) is 71.8 Å². The summed E-state index contributed by atoms with van der Waals surface area (Å²) in [4.78, 5) is 0. The van der Waals surface area contributed by atoms with Crippen LogP contribution in [0.2, 0.25) is 0 Å². The molecule has 0 aliphatic rings. The third-order valence-electron chi connectivity index (χ3n) is 3.80. The van der Waals surface area contributed by atoms with Gasteiger partial charge in [0.2, 0.25) is 0 Å². The van der Waals surface area contributed by atoms with Crippen LogP contribution in [0.25, 0.3) is 0 Å². The normalized spacial score (nSPS) is 13.8. The Bertz CT molecular complexity index is 658. The molecule has 0 saturated carbocycles. The SMILES string of the molecule is BrCC(Br)(Br)C(Br)(Br)C(Br)(Br)C(Br)(c1ccccc1)c1ccccc1. The zero-order valence-electron chi connectivity index (χ0n) is 12.5. The molecule has 0 fully saturated rings. The first-order chi connectivity index (χ1) is 11.5. The van der Waals surface area contributed by atoms with Gasteiger partial charge in [0.05, 0.1) is 0 Å². The van der Waals surface area contributed by atoms with Crippen molar-refractivity contribution in [1.82, 2.24) is 0 Å². The van der Waals surface area contributed by atoms with E-state index in [-0.39, 0.29) is 0 Å². The van der Waals surface area contributed by atoms with Crippen LogP contribution in [0.3, 0.4) is 0 Å². The van der Waals surface area contributed by atoms with Crippen LogP contribution < -0.4 is 0 Å². The largest absolute Gasteiger partial charge is 0.133 e. The molecule has 0 nitrogen and oxygen atoms in total. The first kappa shape index (κ1) is 23.6. The van der Waals surface area contributed by atoms with Gasteiger partial charge >= 0.3 is 0 Å². The Kier molecular flexibility index (Phi) is 8.45. The van der Waals surface area contributed by atoms with Crippen LogP contribution in [0.4, 0.5) is 0 Å². The van der Waals surface area contributed by atoms with E-state index in [1.165, 1.54) is 0 Å². The van der Waals surface area contributed by atoms with Crippen LogP contribution in [0.15, 0.2) is 60.7 Å². The van der Waals surface area contributed by atoms with Crippen molar-refractivity contribution in [2.75, 3.05) is 5.33 Å². The van der Waals surface area contributed by atoms with Crippen molar-refractivity contribution in [2.45, 2.75) is 14.0 Å². The molecule has 0 unspecified atom stereocenters. The topological polar surface area (TPSA) is 0 Å². The third kappa shape index (κ3) is 4.26. The minimum Gasteiger partial charge on any atom is -0.0903 e. The molecule has 0 atom stereocenters. The molecule has 0 aliphatic heterocycles. The smallest absolute Gasteiger partial charge is 0.0903 e. The molecule has 0 spiro atoms. The minimum atomic E-state index is -0.705. The molecule has 0 aromatic heterocycles. The van der Waals surface area contributed by atoms with E-state index in [4.69, 9.17) is 0 Å². The van der Waals surface area contributed by atoms with Gasteiger partial charge < -0.3 is 0 Å². The van der Waals surface area contributed by atoms with Crippen molar-refractivity contribution < 1.29 is 0 Å². The van der Waals surface area contributed by atoms with E-state index in [0.29, 0.717) is 5.33 Å². The van der Waals surface area contributed by atoms with Gasteiger partial charge in [-0.3, -0.25) is 0 Å². The molecule has 2 rings (SSSR count). The lowest BCUT2D eigenvalue weighted by Crippen LogP contribution is -2.57. The molecule has 8 heteroatoms. The van der Waals surface area contributed by atoms with Crippen molar-refractivity contribution >= 4 is 127 Å². The second-order valence-electron chi connectivity index (χ2n) is 5.38. The molecule has 136 valence electrons. The summed E-state index contributed by atoms with van der Waals surface area (Å²) >= 11 is 30.9. The molecular formula is C17H12Br8. The maximum atomic E-state index is 4.07. The van der Waals surface area contributed by atoms with Crippen molar-refractivity contribution in [3.63, 3.8) is 0 Å². The first-order valence-corrected chi connectivity index (χ1v) is 13.7. The van der Waals surface area contributed by atoms with Crippen molar-refractivity contribution in [2.24, 2.45) is 0 Å². The summed E-state index contributed by atoms with van der Waals surface area (Å²) in [6, 6.07) is 20.6. The van der Waals surface area contributed by atoms with Gasteiger partial charge in [0.1, 0.15) is 14.0 Å². The van der Waals surface area contributed by atoms with Crippen LogP contribution in [0.5, 0.6) is 0 Å². The van der Waals surface area contributed by atoms with E-state index in [1.54, 1.807) is 0 Å². The molecule has 25 heavy (non-hydrogen) atoms. The highest BCUT2D eigenvalue weighted by molar-refractivity contribution is 9.33. The summed E-state index contributed by atoms with van der Waals surface area (Å²) in [5, 5.41) is 0.641. The van der Waals surface area contributed by atoms with E-state index in [1.807, 2.05) is 36.4 Å². The summed E-state index contributed by atoms with van der Waals surface area (Å²) in [6.45, 7) is 0. The lowest BCUT2D eigenvalue weighted by atomic mass is 9.86. The summed E-state index contributed by atoms with van der Waals surface area (Å²) in [5.74, 6) is 0. The predicted octanol–water partition coefficient (Wildman–Crippen LogP) is 9.18. The van der Waals surface area contributed by atoms with Gasteiger partial charge in [-0.25, -0.2) is 0 Å². The average molecular weight is 856 g/mol. The minimum absolute atomic E-state index is 0.511. The van der Waals surface area contributed by atoms with Gasteiger partial charge in [-0.2, -0.15) is 0 Å². The highest BCUT2D eigenvalue weighted by Gasteiger charge is 2.66. The van der Waals surface area contributed by atoms with Crippen LogP contribution >= 0.6 is 127 Å². The van der Waals surface area contributed by atoms with Crippen molar-refractivity contribution in [1.29, 1.82) is 0 Å². The highest BCUT2D eigenvalue weighted by Crippen LogP contribution is 2.69. The Balaban J connectivity index is 2.76. The number of alkyl halides is 8. The number of rotatable bonds is 6. The fourth-order valence-electron chi connectivity index (χ4n) is 2.39. The van der Waals surface area contributed by atoms with E-state index >= 15 is 0 Å². The maximum Gasteiger partial charge on any atom is 0.133 e. The number of benzene rings is 2. The second-order valence-corrected chi connectivity index (χ2v) is 17.8. The van der Waals surface area contributed by atoms with E-state index in [2.05, 4.69) is 152 Å². The Hall–Kier alpha value is 2.28. The highest BCUT2D eigenvalue weighted by atomic mass is 79.9. The summed E-state index contributed by atoms with van der Waals surface area (Å²) in [7, 11) is 0. The maximum absolute atomic E-state index is 4.07. The van der Waals surface area contributed by atoms with Crippen LogP contribution in [-0.2, 0) is 4.32 Å². The fraction of sp³-hybridized carbons (Fsp3) is 0.294. The summed E-state index contributed by atoms with van der Waals surface area (Å²) in [5.41, 5.74) is 2.20. The molecule has 0 saturated heterocycles. The lowest BCUT2D eigenvalue weighted by molar-refractivity contribution is 0.615. The zero-order chi connectivity index (χ0) is 18.9. The lowest BCUT2D eigenvalue weighted by Gasteiger charge is -2.51. The van der Waals surface area contributed by atoms with Crippen LogP contribution in [-0.4, -0.2) is 15.0 Å². The molecule has 0 aliphatic carbocycles. The quantitative estimate of drug-likeness (QED) is 0.255. The van der Waals surface area contributed by atoms with E-state index in [0.717, 1.165) is 11.1 Å². The molecule has 0 bridgehead atoms. The molecule has 2 aromatic rings. The third-order valence-corrected chi connectivity index (χ3v) is 19.6. The van der Waals surface area contributed by atoms with Gasteiger partial charge in [0.15, 0.2) is 0 Å². The fourth-order valence-corrected chi connectivity index (χ4v) is 9.05. The Labute approximate surface area is 215 Å². The van der Waals surface area contributed by atoms with Crippen LogP contribution in [0, 0.1) is 0 Å². The van der Waals surface area contributed by atoms with Gasteiger partial charge in [-0.05, 0) is 11.1 Å². The number of hydrogen-bond donors (Lipinski definition) is 0. The monoisotopic (exact) mass is 847 g/mol. The van der Waals surface area contributed by atoms with Crippen LogP contribution in [0.1, 0.15) is 11.1 Å². The van der Waals surface area contributed by atoms with E-state index < -0.39 is 14.0 Å². The first-order valence-electron chi connectivity index (χ1n) is 7.02. The summed E-state index contributed by atoms with van der Waals surface area (Å²) in [6.07, 6.45) is 0. The molecule has 2 aromatic carbocycles. The molecule has 0 radical (unpaired) electrons.